The van der Waals surface area contributed by atoms with E-state index in [9.17, 15) is 0 Å². The molecule has 4 atom stereocenters. The van der Waals surface area contributed by atoms with Gasteiger partial charge in [-0.3, -0.25) is 4.90 Å². The molecule has 1 N–H and O–H groups in total. The highest BCUT2D eigenvalue weighted by Crippen LogP contribution is 2.38. The van der Waals surface area contributed by atoms with E-state index in [4.69, 9.17) is 0 Å². The molecule has 0 aromatic rings. The highest BCUT2D eigenvalue weighted by atomic mass is 15.2. The Kier molecular flexibility index (Phi) is 4.87. The summed E-state index contributed by atoms with van der Waals surface area (Å²) in [6, 6.07) is 0.895. The van der Waals surface area contributed by atoms with E-state index in [0.717, 1.165) is 30.3 Å². The lowest BCUT2D eigenvalue weighted by Crippen LogP contribution is -2.37. The highest BCUT2D eigenvalue weighted by molar-refractivity contribution is 4.91. The molecule has 1 saturated heterocycles. The van der Waals surface area contributed by atoms with Crippen LogP contribution >= 0.6 is 0 Å². The van der Waals surface area contributed by atoms with Crippen LogP contribution < -0.4 is 5.32 Å². The van der Waals surface area contributed by atoms with Crippen LogP contribution in [-0.4, -0.2) is 37.1 Å². The summed E-state index contributed by atoms with van der Waals surface area (Å²) in [7, 11) is 0. The minimum atomic E-state index is 0.895. The van der Waals surface area contributed by atoms with Crippen LogP contribution in [0.25, 0.3) is 0 Å². The van der Waals surface area contributed by atoms with E-state index in [1.807, 2.05) is 0 Å². The van der Waals surface area contributed by atoms with Crippen molar-refractivity contribution in [2.24, 2.45) is 17.8 Å². The maximum absolute atomic E-state index is 3.51. The minimum absolute atomic E-state index is 0.895. The Balaban J connectivity index is 1.80. The van der Waals surface area contributed by atoms with Crippen molar-refractivity contribution in [1.29, 1.82) is 0 Å². The van der Waals surface area contributed by atoms with Gasteiger partial charge in [0, 0.05) is 12.6 Å². The smallest absolute Gasteiger partial charge is 0.0124 e. The van der Waals surface area contributed by atoms with Gasteiger partial charge in [-0.05, 0) is 56.7 Å². The van der Waals surface area contributed by atoms with Crippen molar-refractivity contribution in [3.05, 3.63) is 0 Å². The van der Waals surface area contributed by atoms with Crippen molar-refractivity contribution in [1.82, 2.24) is 10.2 Å². The second-order valence-corrected chi connectivity index (χ2v) is 6.13. The van der Waals surface area contributed by atoms with Crippen LogP contribution in [0.3, 0.4) is 0 Å². The lowest BCUT2D eigenvalue weighted by Gasteiger charge is -2.29. The number of nitrogens with zero attached hydrogens (tertiary/aromatic N) is 1. The van der Waals surface area contributed by atoms with Gasteiger partial charge >= 0.3 is 0 Å². The number of likely N-dealkylation sites (tertiary alicyclic amines) is 1. The molecule has 1 aliphatic carbocycles. The largest absolute Gasteiger partial charge is 0.317 e. The summed E-state index contributed by atoms with van der Waals surface area (Å²) in [6.45, 7) is 12.1. The first-order chi connectivity index (χ1) is 8.26. The monoisotopic (exact) mass is 238 g/mol. The van der Waals surface area contributed by atoms with Crippen molar-refractivity contribution in [3.8, 4) is 0 Å². The summed E-state index contributed by atoms with van der Waals surface area (Å²) in [5.41, 5.74) is 0. The summed E-state index contributed by atoms with van der Waals surface area (Å²) < 4.78 is 0. The third kappa shape index (κ3) is 3.03. The lowest BCUT2D eigenvalue weighted by molar-refractivity contribution is 0.181. The van der Waals surface area contributed by atoms with Gasteiger partial charge in [0.1, 0.15) is 0 Å². The van der Waals surface area contributed by atoms with Gasteiger partial charge in [-0.2, -0.15) is 0 Å². The molecule has 0 bridgehead atoms. The number of hydrogen-bond acceptors (Lipinski definition) is 2. The van der Waals surface area contributed by atoms with Crippen molar-refractivity contribution >= 4 is 0 Å². The summed E-state index contributed by atoms with van der Waals surface area (Å²) in [5.74, 6) is 2.83. The molecule has 2 rings (SSSR count). The third-order valence-electron chi connectivity index (χ3n) is 5.18. The molecule has 0 amide bonds. The van der Waals surface area contributed by atoms with Gasteiger partial charge in [-0.15, -0.1) is 0 Å². The van der Waals surface area contributed by atoms with Crippen molar-refractivity contribution in [2.75, 3.05) is 26.2 Å². The van der Waals surface area contributed by atoms with Gasteiger partial charge in [0.25, 0.3) is 0 Å². The molecule has 0 aromatic heterocycles. The molecule has 1 heterocycles. The first-order valence-electron chi connectivity index (χ1n) is 7.71. The van der Waals surface area contributed by atoms with Crippen LogP contribution in [0.15, 0.2) is 0 Å². The maximum atomic E-state index is 3.51. The molecule has 0 aromatic carbocycles. The van der Waals surface area contributed by atoms with E-state index in [-0.39, 0.29) is 0 Å². The Labute approximate surface area is 107 Å². The quantitative estimate of drug-likeness (QED) is 0.792. The van der Waals surface area contributed by atoms with Crippen molar-refractivity contribution in [3.63, 3.8) is 0 Å². The normalized spacial score (nSPS) is 39.0. The molecule has 1 saturated carbocycles. The predicted molar refractivity (Wildman–Crippen MR) is 74.2 cm³/mol. The van der Waals surface area contributed by atoms with E-state index in [2.05, 4.69) is 31.0 Å². The molecule has 0 spiro atoms. The van der Waals surface area contributed by atoms with Gasteiger partial charge in [0.05, 0.1) is 0 Å². The van der Waals surface area contributed by atoms with Gasteiger partial charge in [-0.1, -0.05) is 27.2 Å². The Morgan fingerprint density at radius 1 is 1.18 bits per heavy atom. The Morgan fingerprint density at radius 3 is 2.65 bits per heavy atom. The molecule has 2 nitrogen and oxygen atoms in total. The number of nitrogens with one attached hydrogen (secondary N) is 1. The fourth-order valence-corrected chi connectivity index (χ4v) is 3.99. The first-order valence-corrected chi connectivity index (χ1v) is 7.71. The second-order valence-electron chi connectivity index (χ2n) is 6.13. The molecule has 4 unspecified atom stereocenters. The Morgan fingerprint density at radius 2 is 2.00 bits per heavy atom. The lowest BCUT2D eigenvalue weighted by atomic mass is 9.93. The van der Waals surface area contributed by atoms with E-state index in [1.54, 1.807) is 0 Å². The molecule has 100 valence electrons. The number of hydrogen-bond donors (Lipinski definition) is 1. The predicted octanol–water partition coefficient (Wildman–Crippen LogP) is 2.74. The van der Waals surface area contributed by atoms with Crippen LogP contribution in [0.2, 0.25) is 0 Å². The molecule has 2 heteroatoms. The van der Waals surface area contributed by atoms with Crippen LogP contribution in [-0.2, 0) is 0 Å². The summed E-state index contributed by atoms with van der Waals surface area (Å²) >= 11 is 0. The highest BCUT2D eigenvalue weighted by Gasteiger charge is 2.37. The molecule has 1 aliphatic heterocycles. The minimum Gasteiger partial charge on any atom is -0.317 e. The molecular weight excluding hydrogens is 208 g/mol. The van der Waals surface area contributed by atoms with Gasteiger partial charge in [-0.25, -0.2) is 0 Å². The van der Waals surface area contributed by atoms with Crippen LogP contribution in [0.1, 0.15) is 46.5 Å². The average molecular weight is 238 g/mol. The van der Waals surface area contributed by atoms with Crippen molar-refractivity contribution in [2.45, 2.75) is 52.5 Å². The zero-order valence-electron chi connectivity index (χ0n) is 11.9. The number of rotatable bonds is 5. The van der Waals surface area contributed by atoms with Gasteiger partial charge < -0.3 is 5.32 Å². The Bertz CT molecular complexity index is 229. The third-order valence-corrected chi connectivity index (χ3v) is 5.18. The van der Waals surface area contributed by atoms with Crippen molar-refractivity contribution < 1.29 is 0 Å². The first kappa shape index (κ1) is 13.4. The van der Waals surface area contributed by atoms with E-state index < -0.39 is 0 Å². The van der Waals surface area contributed by atoms with E-state index in [0.29, 0.717) is 0 Å². The molecular formula is C15H30N2. The fraction of sp³-hybridized carbons (Fsp3) is 1.00. The maximum Gasteiger partial charge on any atom is 0.0124 e. The second kappa shape index (κ2) is 6.19. The summed E-state index contributed by atoms with van der Waals surface area (Å²) in [4.78, 5) is 2.79. The zero-order valence-corrected chi connectivity index (χ0v) is 11.9. The standard InChI is InChI=1S/C15H30N2/c1-4-14-6-7-15(12(14)3)17-9-8-13(11-17)10-16-5-2/h12-16H,4-11H2,1-3H3. The molecule has 17 heavy (non-hydrogen) atoms. The molecule has 0 radical (unpaired) electrons. The Hall–Kier alpha value is -0.0800. The summed E-state index contributed by atoms with van der Waals surface area (Å²) in [5, 5.41) is 3.51. The molecule has 2 fully saturated rings. The topological polar surface area (TPSA) is 15.3 Å². The SMILES string of the molecule is CCNCC1CCN(C2CCC(CC)C2C)C1. The summed E-state index contributed by atoms with van der Waals surface area (Å²) in [6.07, 6.45) is 5.71. The fourth-order valence-electron chi connectivity index (χ4n) is 3.99. The van der Waals surface area contributed by atoms with Crippen LogP contribution in [0.4, 0.5) is 0 Å². The zero-order chi connectivity index (χ0) is 12.3. The van der Waals surface area contributed by atoms with Gasteiger partial charge in [0.15, 0.2) is 0 Å². The van der Waals surface area contributed by atoms with Crippen LogP contribution in [0.5, 0.6) is 0 Å². The average Bonchev–Trinajstić information content (AvgIpc) is 2.92. The van der Waals surface area contributed by atoms with E-state index in [1.165, 1.54) is 45.3 Å². The van der Waals surface area contributed by atoms with Crippen LogP contribution in [0, 0.1) is 17.8 Å². The van der Waals surface area contributed by atoms with E-state index >= 15 is 0 Å². The van der Waals surface area contributed by atoms with Gasteiger partial charge in [0.2, 0.25) is 0 Å². The molecule has 2 aliphatic rings.